The van der Waals surface area contributed by atoms with Crippen molar-refractivity contribution in [3.05, 3.63) is 77.9 Å². The van der Waals surface area contributed by atoms with Crippen LogP contribution in [0.3, 0.4) is 0 Å². The number of likely N-dealkylation sites (N-methyl/N-ethyl adjacent to an activating group) is 1. The Morgan fingerprint density at radius 3 is 2.38 bits per heavy atom. The van der Waals surface area contributed by atoms with Gasteiger partial charge in [-0.3, -0.25) is 4.79 Å². The standard InChI is InChI=1S/C20H18F3NO4S/c1-3-6-15(18-16-7-4-5-8-17(16)19(25)24(18)2)13-9-11-14(12-10-13)28-29(26,27)20(21,22)23/h3-5,7-12,15,18H,1,6H2,2H3. The number of hydrogen-bond donors (Lipinski definition) is 0. The Balaban J connectivity index is 1.93. The van der Waals surface area contributed by atoms with E-state index in [-0.39, 0.29) is 17.9 Å². The summed E-state index contributed by atoms with van der Waals surface area (Å²) in [6, 6.07) is 12.3. The average molecular weight is 425 g/mol. The van der Waals surface area contributed by atoms with Crippen molar-refractivity contribution in [1.82, 2.24) is 4.90 Å². The van der Waals surface area contributed by atoms with Crippen LogP contribution in [0.25, 0.3) is 0 Å². The summed E-state index contributed by atoms with van der Waals surface area (Å²) in [5, 5.41) is 0. The third-order valence-corrected chi connectivity index (χ3v) is 5.83. The van der Waals surface area contributed by atoms with E-state index < -0.39 is 21.4 Å². The van der Waals surface area contributed by atoms with Gasteiger partial charge in [-0.25, -0.2) is 0 Å². The van der Waals surface area contributed by atoms with Crippen LogP contribution in [0.2, 0.25) is 0 Å². The highest BCUT2D eigenvalue weighted by molar-refractivity contribution is 7.88. The molecule has 1 aliphatic heterocycles. The highest BCUT2D eigenvalue weighted by atomic mass is 32.2. The SMILES string of the molecule is C=CCC(c1ccc(OS(=O)(=O)C(F)(F)F)cc1)C1c2ccccc2C(=O)N1C. The number of carbonyl (C=O) groups is 1. The molecule has 0 N–H and O–H groups in total. The maximum atomic E-state index is 12.6. The minimum Gasteiger partial charge on any atom is -0.376 e. The molecule has 29 heavy (non-hydrogen) atoms. The van der Waals surface area contributed by atoms with E-state index in [0.717, 1.165) is 17.7 Å². The van der Waals surface area contributed by atoms with Gasteiger partial charge in [-0.05, 0) is 35.7 Å². The van der Waals surface area contributed by atoms with Gasteiger partial charge in [0.15, 0.2) is 0 Å². The van der Waals surface area contributed by atoms with Gasteiger partial charge in [0.25, 0.3) is 5.91 Å². The first-order valence-corrected chi connectivity index (χ1v) is 10.1. The molecule has 5 nitrogen and oxygen atoms in total. The Morgan fingerprint density at radius 2 is 1.79 bits per heavy atom. The molecule has 2 aromatic rings. The van der Waals surface area contributed by atoms with Gasteiger partial charge in [0.2, 0.25) is 0 Å². The van der Waals surface area contributed by atoms with Crippen LogP contribution in [0, 0.1) is 0 Å². The summed E-state index contributed by atoms with van der Waals surface area (Å²) < 4.78 is 63.9. The highest BCUT2D eigenvalue weighted by Gasteiger charge is 2.48. The summed E-state index contributed by atoms with van der Waals surface area (Å²) >= 11 is 0. The first kappa shape index (κ1) is 20.9. The van der Waals surface area contributed by atoms with Crippen LogP contribution in [0.1, 0.15) is 39.9 Å². The molecule has 0 saturated carbocycles. The van der Waals surface area contributed by atoms with E-state index in [0.29, 0.717) is 17.5 Å². The maximum Gasteiger partial charge on any atom is 0.534 e. The second kappa shape index (κ2) is 7.55. The lowest BCUT2D eigenvalue weighted by molar-refractivity contribution is -0.0500. The van der Waals surface area contributed by atoms with E-state index in [2.05, 4.69) is 10.8 Å². The number of alkyl halides is 3. The summed E-state index contributed by atoms with van der Waals surface area (Å²) in [6.45, 7) is 3.76. The third kappa shape index (κ3) is 3.87. The Morgan fingerprint density at radius 1 is 1.17 bits per heavy atom. The van der Waals surface area contributed by atoms with Crippen LogP contribution >= 0.6 is 0 Å². The summed E-state index contributed by atoms with van der Waals surface area (Å²) in [5.41, 5.74) is -3.34. The zero-order chi connectivity index (χ0) is 21.4. The highest BCUT2D eigenvalue weighted by Crippen LogP contribution is 2.44. The number of fused-ring (bicyclic) bond motifs is 1. The van der Waals surface area contributed by atoms with E-state index in [9.17, 15) is 26.4 Å². The molecule has 2 unspecified atom stereocenters. The average Bonchev–Trinajstić information content (AvgIpc) is 2.91. The van der Waals surface area contributed by atoms with Crippen LogP contribution in [0.15, 0.2) is 61.2 Å². The molecule has 0 radical (unpaired) electrons. The van der Waals surface area contributed by atoms with Crippen molar-refractivity contribution in [3.63, 3.8) is 0 Å². The number of carbonyl (C=O) groups excluding carboxylic acids is 1. The fourth-order valence-corrected chi connectivity index (χ4v) is 3.99. The molecule has 1 aliphatic rings. The molecule has 0 aromatic heterocycles. The van der Waals surface area contributed by atoms with Crippen LogP contribution in [-0.4, -0.2) is 31.8 Å². The molecule has 0 spiro atoms. The van der Waals surface area contributed by atoms with Crippen LogP contribution in [0.4, 0.5) is 13.2 Å². The van der Waals surface area contributed by atoms with Gasteiger partial charge in [-0.1, -0.05) is 36.4 Å². The normalized spacial score (nSPS) is 17.7. The minimum atomic E-state index is -5.73. The van der Waals surface area contributed by atoms with Crippen molar-refractivity contribution in [3.8, 4) is 5.75 Å². The predicted molar refractivity (Wildman–Crippen MR) is 101 cm³/mol. The molecule has 0 bridgehead atoms. The molecule has 2 aromatic carbocycles. The Kier molecular flexibility index (Phi) is 5.44. The molecule has 1 amide bonds. The topological polar surface area (TPSA) is 63.7 Å². The van der Waals surface area contributed by atoms with Crippen LogP contribution < -0.4 is 4.18 Å². The second-order valence-electron chi connectivity index (χ2n) is 6.63. The minimum absolute atomic E-state index is 0.115. The molecule has 0 saturated heterocycles. The number of rotatable bonds is 6. The predicted octanol–water partition coefficient (Wildman–Crippen LogP) is 4.40. The number of amides is 1. The lowest BCUT2D eigenvalue weighted by Gasteiger charge is -2.29. The summed E-state index contributed by atoms with van der Waals surface area (Å²) in [4.78, 5) is 14.2. The lowest BCUT2D eigenvalue weighted by Crippen LogP contribution is -2.28. The molecule has 0 aliphatic carbocycles. The Bertz CT molecular complexity index is 1030. The van der Waals surface area contributed by atoms with Crippen molar-refractivity contribution >= 4 is 16.0 Å². The number of halogens is 3. The van der Waals surface area contributed by atoms with Gasteiger partial charge < -0.3 is 9.08 Å². The molecule has 3 rings (SSSR count). The third-order valence-electron chi connectivity index (χ3n) is 4.85. The summed E-state index contributed by atoms with van der Waals surface area (Å²) in [6.07, 6.45) is 2.19. The van der Waals surface area contributed by atoms with Crippen molar-refractivity contribution in [2.45, 2.75) is 23.9 Å². The first-order valence-electron chi connectivity index (χ1n) is 8.64. The number of hydrogen-bond acceptors (Lipinski definition) is 4. The van der Waals surface area contributed by atoms with Crippen molar-refractivity contribution < 1.29 is 30.6 Å². The fourth-order valence-electron chi connectivity index (χ4n) is 3.53. The van der Waals surface area contributed by atoms with E-state index in [1.165, 1.54) is 12.1 Å². The van der Waals surface area contributed by atoms with E-state index in [1.54, 1.807) is 30.2 Å². The van der Waals surface area contributed by atoms with Crippen molar-refractivity contribution in [2.75, 3.05) is 7.05 Å². The van der Waals surface area contributed by atoms with Crippen molar-refractivity contribution in [1.29, 1.82) is 0 Å². The molecule has 0 fully saturated rings. The Labute approximate surface area is 166 Å². The maximum absolute atomic E-state index is 12.6. The van der Waals surface area contributed by atoms with Gasteiger partial charge in [0.1, 0.15) is 5.75 Å². The smallest absolute Gasteiger partial charge is 0.376 e. The zero-order valence-electron chi connectivity index (χ0n) is 15.4. The van der Waals surface area contributed by atoms with Gasteiger partial charge >= 0.3 is 15.6 Å². The molecule has 2 atom stereocenters. The number of allylic oxidation sites excluding steroid dienone is 1. The monoisotopic (exact) mass is 425 g/mol. The van der Waals surface area contributed by atoms with Crippen molar-refractivity contribution in [2.24, 2.45) is 0 Å². The summed E-state index contributed by atoms with van der Waals surface area (Å²) in [5.74, 6) is -0.783. The molecule has 1 heterocycles. The quantitative estimate of drug-likeness (QED) is 0.391. The molecular formula is C20H18F3NO4S. The van der Waals surface area contributed by atoms with Crippen LogP contribution in [0.5, 0.6) is 5.75 Å². The first-order chi connectivity index (χ1) is 13.6. The Hall–Kier alpha value is -2.81. The molecule has 9 heteroatoms. The molecular weight excluding hydrogens is 407 g/mol. The fraction of sp³-hybridized carbons (Fsp3) is 0.250. The largest absolute Gasteiger partial charge is 0.534 e. The summed E-state index contributed by atoms with van der Waals surface area (Å²) in [7, 11) is -4.04. The van der Waals surface area contributed by atoms with Gasteiger partial charge in [-0.2, -0.15) is 21.6 Å². The number of benzene rings is 2. The van der Waals surface area contributed by atoms with Gasteiger partial charge in [0, 0.05) is 18.5 Å². The number of nitrogens with zero attached hydrogens (tertiary/aromatic N) is 1. The van der Waals surface area contributed by atoms with E-state index in [4.69, 9.17) is 0 Å². The van der Waals surface area contributed by atoms with Gasteiger partial charge in [0.05, 0.1) is 6.04 Å². The lowest BCUT2D eigenvalue weighted by atomic mass is 9.84. The molecule has 154 valence electrons. The zero-order valence-corrected chi connectivity index (χ0v) is 16.2. The van der Waals surface area contributed by atoms with Gasteiger partial charge in [-0.15, -0.1) is 6.58 Å². The van der Waals surface area contributed by atoms with Crippen LogP contribution in [-0.2, 0) is 10.1 Å². The second-order valence-corrected chi connectivity index (χ2v) is 8.17. The van der Waals surface area contributed by atoms with E-state index >= 15 is 0 Å². The van der Waals surface area contributed by atoms with E-state index in [1.807, 2.05) is 12.1 Å².